The van der Waals surface area contributed by atoms with Crippen molar-refractivity contribution in [2.24, 2.45) is 5.92 Å². The van der Waals surface area contributed by atoms with Crippen molar-refractivity contribution in [2.75, 3.05) is 7.11 Å². The van der Waals surface area contributed by atoms with Gasteiger partial charge in [-0.1, -0.05) is 32.9 Å². The molecule has 148 valence electrons. The zero-order valence-corrected chi connectivity index (χ0v) is 16.5. The lowest BCUT2D eigenvalue weighted by atomic mass is 9.59. The highest BCUT2D eigenvalue weighted by molar-refractivity contribution is 6.04. The number of esters is 1. The number of benzene rings is 1. The van der Waals surface area contributed by atoms with Crippen molar-refractivity contribution in [2.45, 2.75) is 58.3 Å². The summed E-state index contributed by atoms with van der Waals surface area (Å²) >= 11 is 0. The van der Waals surface area contributed by atoms with Crippen LogP contribution < -0.4 is 0 Å². The van der Waals surface area contributed by atoms with E-state index in [1.165, 1.54) is 7.11 Å². The fourth-order valence-electron chi connectivity index (χ4n) is 4.27. The zero-order valence-electron chi connectivity index (χ0n) is 16.5. The number of aromatic hydroxyl groups is 3. The van der Waals surface area contributed by atoms with Gasteiger partial charge in [0, 0.05) is 29.4 Å². The smallest absolute Gasteiger partial charge is 0.305 e. The summed E-state index contributed by atoms with van der Waals surface area (Å²) in [5, 5.41) is 32.1. The summed E-state index contributed by atoms with van der Waals surface area (Å²) in [5.74, 6) is -2.53. The van der Waals surface area contributed by atoms with Gasteiger partial charge in [-0.15, -0.1) is 0 Å². The van der Waals surface area contributed by atoms with Crippen molar-refractivity contribution in [3.63, 3.8) is 0 Å². The van der Waals surface area contributed by atoms with E-state index in [1.54, 1.807) is 20.8 Å². The Morgan fingerprint density at radius 3 is 2.33 bits per heavy atom. The van der Waals surface area contributed by atoms with Crippen LogP contribution in [0.5, 0.6) is 17.2 Å². The van der Waals surface area contributed by atoms with Crippen LogP contribution in [0.4, 0.5) is 0 Å². The molecule has 0 aromatic heterocycles. The number of ether oxygens (including phenoxy) is 1. The van der Waals surface area contributed by atoms with E-state index in [0.29, 0.717) is 0 Å². The van der Waals surface area contributed by atoms with Crippen LogP contribution in [0.25, 0.3) is 0 Å². The van der Waals surface area contributed by atoms with Gasteiger partial charge in [-0.05, 0) is 25.2 Å². The number of phenols is 3. The van der Waals surface area contributed by atoms with Gasteiger partial charge in [0.15, 0.2) is 17.3 Å². The molecule has 6 nitrogen and oxygen atoms in total. The predicted molar refractivity (Wildman–Crippen MR) is 101 cm³/mol. The topological polar surface area (TPSA) is 104 Å². The lowest BCUT2D eigenvalue weighted by Gasteiger charge is -2.44. The molecule has 0 unspecified atom stereocenters. The van der Waals surface area contributed by atoms with Crippen LogP contribution in [-0.2, 0) is 14.9 Å². The number of phenolic OH excluding ortho intramolecular Hbond substituents is 3. The van der Waals surface area contributed by atoms with E-state index in [1.807, 2.05) is 6.92 Å². The third-order valence-corrected chi connectivity index (χ3v) is 5.72. The minimum Gasteiger partial charge on any atom is -0.507 e. The molecule has 0 amide bonds. The largest absolute Gasteiger partial charge is 0.507 e. The molecule has 2 rings (SSSR count). The number of methoxy groups -OCH3 is 1. The van der Waals surface area contributed by atoms with E-state index in [0.717, 1.165) is 5.57 Å². The van der Waals surface area contributed by atoms with Crippen LogP contribution in [0, 0.1) is 5.92 Å². The second-order valence-electron chi connectivity index (χ2n) is 7.88. The van der Waals surface area contributed by atoms with Crippen LogP contribution in [0.3, 0.4) is 0 Å². The maximum absolute atomic E-state index is 12.9. The SMILES string of the molecule is C=C(C)[C@@H]1CC(=O)c2c(O)c(C(C)C)c(O)c(O)c2[C@@]1(C)CCC(=O)OC. The van der Waals surface area contributed by atoms with Gasteiger partial charge in [-0.25, -0.2) is 0 Å². The highest BCUT2D eigenvalue weighted by Crippen LogP contribution is 2.57. The molecular formula is C21H28O6. The highest BCUT2D eigenvalue weighted by atomic mass is 16.5. The Hall–Kier alpha value is -2.50. The minimum atomic E-state index is -0.877. The first kappa shape index (κ1) is 20.8. The zero-order chi connectivity index (χ0) is 20.7. The second-order valence-corrected chi connectivity index (χ2v) is 7.88. The van der Waals surface area contributed by atoms with E-state index < -0.39 is 22.9 Å². The number of fused-ring (bicyclic) bond motifs is 1. The Balaban J connectivity index is 2.81. The average molecular weight is 376 g/mol. The number of hydrogen-bond donors (Lipinski definition) is 3. The van der Waals surface area contributed by atoms with E-state index in [2.05, 4.69) is 6.58 Å². The van der Waals surface area contributed by atoms with Crippen molar-refractivity contribution in [1.82, 2.24) is 0 Å². The fourth-order valence-corrected chi connectivity index (χ4v) is 4.27. The van der Waals surface area contributed by atoms with E-state index in [9.17, 15) is 24.9 Å². The first-order chi connectivity index (χ1) is 12.5. The number of ketones is 1. The Morgan fingerprint density at radius 2 is 1.85 bits per heavy atom. The number of carbonyl (C=O) groups excluding carboxylic acids is 2. The van der Waals surface area contributed by atoms with Crippen molar-refractivity contribution in [3.8, 4) is 17.2 Å². The predicted octanol–water partition coefficient (Wildman–Crippen LogP) is 3.92. The summed E-state index contributed by atoms with van der Waals surface area (Å²) in [6.07, 6.45) is 0.442. The summed E-state index contributed by atoms with van der Waals surface area (Å²) in [6.45, 7) is 11.1. The number of allylic oxidation sites excluding steroid dienone is 1. The standard InChI is InChI=1S/C21H28O6/c1-10(2)12-9-13(22)16-17(21(12,5)8-7-14(23)27-6)20(26)19(25)15(11(3)4)18(16)24/h11-12,24-26H,1,7-9H2,2-6H3/t12-,21-/m0/s1. The van der Waals surface area contributed by atoms with Crippen LogP contribution in [-0.4, -0.2) is 34.2 Å². The monoisotopic (exact) mass is 376 g/mol. The first-order valence-electron chi connectivity index (χ1n) is 9.03. The number of Topliss-reactive ketones (excluding diaryl/α,β-unsaturated/α-hetero) is 1. The summed E-state index contributed by atoms with van der Waals surface area (Å²) in [4.78, 5) is 24.6. The molecule has 1 aliphatic carbocycles. The quantitative estimate of drug-likeness (QED) is 0.311. The average Bonchev–Trinajstić information content (AvgIpc) is 2.58. The first-order valence-corrected chi connectivity index (χ1v) is 9.03. The van der Waals surface area contributed by atoms with Crippen molar-refractivity contribution < 1.29 is 29.6 Å². The third-order valence-electron chi connectivity index (χ3n) is 5.72. The summed E-state index contributed by atoms with van der Waals surface area (Å²) in [7, 11) is 1.29. The van der Waals surface area contributed by atoms with E-state index >= 15 is 0 Å². The minimum absolute atomic E-state index is 0.0267. The fraction of sp³-hybridized carbons (Fsp3) is 0.524. The molecule has 1 aromatic rings. The molecule has 0 aliphatic heterocycles. The molecule has 27 heavy (non-hydrogen) atoms. The number of hydrogen-bond acceptors (Lipinski definition) is 6. The van der Waals surface area contributed by atoms with Crippen molar-refractivity contribution >= 4 is 11.8 Å². The normalized spacial score (nSPS) is 21.9. The molecule has 0 saturated carbocycles. The molecule has 0 fully saturated rings. The van der Waals surface area contributed by atoms with Gasteiger partial charge in [0.1, 0.15) is 5.75 Å². The summed E-state index contributed by atoms with van der Waals surface area (Å²) in [5.41, 5.74) is 0.197. The Morgan fingerprint density at radius 1 is 1.26 bits per heavy atom. The molecule has 0 saturated heterocycles. The van der Waals surface area contributed by atoms with Crippen LogP contribution in [0.2, 0.25) is 0 Å². The van der Waals surface area contributed by atoms with Gasteiger partial charge < -0.3 is 20.1 Å². The van der Waals surface area contributed by atoms with Gasteiger partial charge in [0.2, 0.25) is 0 Å². The third kappa shape index (κ3) is 3.29. The molecule has 0 radical (unpaired) electrons. The Bertz CT molecular complexity index is 808. The molecule has 2 atom stereocenters. The molecule has 6 heteroatoms. The van der Waals surface area contributed by atoms with E-state index in [4.69, 9.17) is 4.74 Å². The molecule has 1 aliphatic rings. The molecule has 0 heterocycles. The lowest BCUT2D eigenvalue weighted by molar-refractivity contribution is -0.141. The Kier molecular flexibility index (Phi) is 5.59. The van der Waals surface area contributed by atoms with Crippen LogP contribution in [0.15, 0.2) is 12.2 Å². The summed E-state index contributed by atoms with van der Waals surface area (Å²) in [6, 6.07) is 0. The highest BCUT2D eigenvalue weighted by Gasteiger charge is 2.48. The van der Waals surface area contributed by atoms with Crippen molar-refractivity contribution in [1.29, 1.82) is 0 Å². The van der Waals surface area contributed by atoms with Crippen molar-refractivity contribution in [3.05, 3.63) is 28.8 Å². The Labute approximate surface area is 159 Å². The molecule has 0 spiro atoms. The van der Waals surface area contributed by atoms with Gasteiger partial charge in [-0.3, -0.25) is 9.59 Å². The van der Waals surface area contributed by atoms with Crippen LogP contribution >= 0.6 is 0 Å². The molecule has 1 aromatic carbocycles. The van der Waals surface area contributed by atoms with E-state index in [-0.39, 0.29) is 59.3 Å². The molecule has 0 bridgehead atoms. The van der Waals surface area contributed by atoms with Gasteiger partial charge in [0.05, 0.1) is 12.7 Å². The van der Waals surface area contributed by atoms with Gasteiger partial charge >= 0.3 is 5.97 Å². The number of rotatable bonds is 5. The molecular weight excluding hydrogens is 348 g/mol. The number of carbonyl (C=O) groups is 2. The molecule has 3 N–H and O–H groups in total. The lowest BCUT2D eigenvalue weighted by Crippen LogP contribution is -2.40. The maximum atomic E-state index is 12.9. The summed E-state index contributed by atoms with van der Waals surface area (Å²) < 4.78 is 4.73. The van der Waals surface area contributed by atoms with Gasteiger partial charge in [0.25, 0.3) is 0 Å². The second kappa shape index (κ2) is 7.25. The maximum Gasteiger partial charge on any atom is 0.305 e. The van der Waals surface area contributed by atoms with Gasteiger partial charge in [-0.2, -0.15) is 0 Å². The van der Waals surface area contributed by atoms with Crippen LogP contribution in [0.1, 0.15) is 74.4 Å².